The molecule has 0 N–H and O–H groups in total. The van der Waals surface area contributed by atoms with Crippen LogP contribution in [0.2, 0.25) is 0 Å². The molecule has 1 heterocycles. The number of methoxy groups -OCH3 is 1. The van der Waals surface area contributed by atoms with Crippen LogP contribution in [0.25, 0.3) is 17.2 Å². The van der Waals surface area contributed by atoms with Gasteiger partial charge in [0.05, 0.1) is 12.7 Å². The predicted octanol–water partition coefficient (Wildman–Crippen LogP) is 6.56. The van der Waals surface area contributed by atoms with E-state index in [1.54, 1.807) is 31.4 Å². The topological polar surface area (TPSA) is 44.8 Å². The summed E-state index contributed by atoms with van der Waals surface area (Å²) in [5.74, 6) is 2.14. The van der Waals surface area contributed by atoms with Gasteiger partial charge in [0.15, 0.2) is 5.76 Å². The number of ketones is 1. The van der Waals surface area contributed by atoms with E-state index in [1.807, 2.05) is 66.7 Å². The number of allylic oxidation sites excluding steroid dienone is 1. The van der Waals surface area contributed by atoms with Crippen LogP contribution in [0.5, 0.6) is 17.2 Å². The van der Waals surface area contributed by atoms with Crippen molar-refractivity contribution in [3.63, 3.8) is 0 Å². The monoisotopic (exact) mass is 434 g/mol. The highest BCUT2D eigenvalue weighted by Crippen LogP contribution is 2.35. The zero-order valence-corrected chi connectivity index (χ0v) is 18.2. The largest absolute Gasteiger partial charge is 0.497 e. The maximum atomic E-state index is 12.8. The van der Waals surface area contributed by atoms with E-state index in [-0.39, 0.29) is 5.78 Å². The van der Waals surface area contributed by atoms with Crippen molar-refractivity contribution in [3.8, 4) is 28.4 Å². The molecule has 4 heteroatoms. The van der Waals surface area contributed by atoms with Gasteiger partial charge in [0.2, 0.25) is 5.78 Å². The molecule has 4 aromatic rings. The van der Waals surface area contributed by atoms with Gasteiger partial charge in [0.25, 0.3) is 0 Å². The molecule has 0 amide bonds. The minimum absolute atomic E-state index is 0.126. The molecular weight excluding hydrogens is 412 g/mol. The lowest BCUT2D eigenvalue weighted by Crippen LogP contribution is -1.98. The average molecular weight is 434 g/mol. The Kier molecular flexibility index (Phi) is 5.64. The summed E-state index contributed by atoms with van der Waals surface area (Å²) >= 11 is 0. The Morgan fingerprint density at radius 2 is 1.48 bits per heavy atom. The summed E-state index contributed by atoms with van der Waals surface area (Å²) in [6.45, 7) is 0.410. The summed E-state index contributed by atoms with van der Waals surface area (Å²) in [6.07, 6.45) is 1.77. The number of ether oxygens (including phenoxy) is 3. The van der Waals surface area contributed by atoms with Gasteiger partial charge in [0.1, 0.15) is 23.9 Å². The van der Waals surface area contributed by atoms with Gasteiger partial charge in [-0.3, -0.25) is 4.79 Å². The van der Waals surface area contributed by atoms with E-state index >= 15 is 0 Å². The highest BCUT2D eigenvalue weighted by molar-refractivity contribution is 6.14. The van der Waals surface area contributed by atoms with Crippen molar-refractivity contribution in [2.45, 2.75) is 6.61 Å². The number of fused-ring (bicyclic) bond motifs is 1. The summed E-state index contributed by atoms with van der Waals surface area (Å²) < 4.78 is 16.9. The molecule has 33 heavy (non-hydrogen) atoms. The molecule has 0 aromatic heterocycles. The minimum Gasteiger partial charge on any atom is -0.497 e. The summed E-state index contributed by atoms with van der Waals surface area (Å²) in [4.78, 5) is 12.8. The highest BCUT2D eigenvalue weighted by Gasteiger charge is 2.27. The molecule has 0 aliphatic carbocycles. The van der Waals surface area contributed by atoms with Crippen molar-refractivity contribution in [1.82, 2.24) is 0 Å². The van der Waals surface area contributed by atoms with Crippen LogP contribution < -0.4 is 14.2 Å². The second-order valence-corrected chi connectivity index (χ2v) is 7.72. The van der Waals surface area contributed by atoms with E-state index in [0.29, 0.717) is 29.4 Å². The molecule has 5 rings (SSSR count). The number of benzene rings is 4. The maximum absolute atomic E-state index is 12.8. The first-order valence-electron chi connectivity index (χ1n) is 10.7. The van der Waals surface area contributed by atoms with Gasteiger partial charge in [-0.1, -0.05) is 66.7 Å². The van der Waals surface area contributed by atoms with Crippen molar-refractivity contribution in [2.75, 3.05) is 7.11 Å². The van der Waals surface area contributed by atoms with Crippen LogP contribution in [0, 0.1) is 0 Å². The summed E-state index contributed by atoms with van der Waals surface area (Å²) in [6, 6.07) is 31.2. The normalized spacial score (nSPS) is 13.5. The highest BCUT2D eigenvalue weighted by atomic mass is 16.5. The van der Waals surface area contributed by atoms with E-state index in [2.05, 4.69) is 12.1 Å². The van der Waals surface area contributed by atoms with Crippen LogP contribution >= 0.6 is 0 Å². The predicted molar refractivity (Wildman–Crippen MR) is 129 cm³/mol. The van der Waals surface area contributed by atoms with Gasteiger partial charge in [0, 0.05) is 6.07 Å². The number of rotatable bonds is 6. The Hall–Kier alpha value is -4.31. The van der Waals surface area contributed by atoms with Gasteiger partial charge >= 0.3 is 0 Å². The van der Waals surface area contributed by atoms with Crippen LogP contribution in [-0.2, 0) is 6.61 Å². The third kappa shape index (κ3) is 4.51. The number of hydrogen-bond donors (Lipinski definition) is 0. The number of hydrogen-bond acceptors (Lipinski definition) is 4. The minimum atomic E-state index is -0.126. The van der Waals surface area contributed by atoms with Gasteiger partial charge in [-0.05, 0) is 52.6 Å². The lowest BCUT2D eigenvalue weighted by atomic mass is 10.0. The van der Waals surface area contributed by atoms with Gasteiger partial charge in [-0.2, -0.15) is 0 Å². The standard InChI is InChI=1S/C29H22O4/c1-31-24-13-9-21(10-14-24)19-32-25-15-16-26-27(18-25)33-28(29(26)30)17-20-7-11-23(12-8-20)22-5-3-2-4-6-22/h2-18H,19H2,1H3/b28-17-. The molecule has 0 unspecified atom stereocenters. The van der Waals surface area contributed by atoms with Gasteiger partial charge < -0.3 is 14.2 Å². The Balaban J connectivity index is 1.28. The average Bonchev–Trinajstić information content (AvgIpc) is 3.18. The fourth-order valence-electron chi connectivity index (χ4n) is 3.70. The fourth-order valence-corrected chi connectivity index (χ4v) is 3.70. The summed E-state index contributed by atoms with van der Waals surface area (Å²) in [5, 5.41) is 0. The number of Topliss-reactive ketones (excluding diaryl/α,β-unsaturated/α-hetero) is 1. The zero-order valence-electron chi connectivity index (χ0n) is 18.2. The van der Waals surface area contributed by atoms with E-state index in [1.165, 1.54) is 0 Å². The Labute approximate surface area is 192 Å². The molecule has 1 aliphatic heterocycles. The van der Waals surface area contributed by atoms with Crippen LogP contribution in [0.3, 0.4) is 0 Å². The van der Waals surface area contributed by atoms with Gasteiger partial charge in [-0.25, -0.2) is 0 Å². The maximum Gasteiger partial charge on any atom is 0.231 e. The SMILES string of the molecule is COc1ccc(COc2ccc3c(c2)O/C(=C\c2ccc(-c4ccccc4)cc2)C3=O)cc1. The first-order valence-corrected chi connectivity index (χ1v) is 10.7. The van der Waals surface area contributed by atoms with Crippen LogP contribution in [-0.4, -0.2) is 12.9 Å². The van der Waals surface area contributed by atoms with Crippen molar-refractivity contribution in [2.24, 2.45) is 0 Å². The van der Waals surface area contributed by atoms with Crippen molar-refractivity contribution < 1.29 is 19.0 Å². The molecular formula is C29H22O4. The lowest BCUT2D eigenvalue weighted by Gasteiger charge is -2.08. The molecule has 0 bridgehead atoms. The van der Waals surface area contributed by atoms with Crippen molar-refractivity contribution >= 4 is 11.9 Å². The second-order valence-electron chi connectivity index (χ2n) is 7.72. The Morgan fingerprint density at radius 1 is 0.788 bits per heavy atom. The molecule has 0 fully saturated rings. The van der Waals surface area contributed by atoms with E-state index in [4.69, 9.17) is 14.2 Å². The number of carbonyl (C=O) groups is 1. The second kappa shape index (κ2) is 9.05. The van der Waals surface area contributed by atoms with E-state index < -0.39 is 0 Å². The van der Waals surface area contributed by atoms with Crippen LogP contribution in [0.15, 0.2) is 103 Å². The quantitative estimate of drug-likeness (QED) is 0.323. The summed E-state index contributed by atoms with van der Waals surface area (Å²) in [5.41, 5.74) is 4.74. The molecule has 0 saturated heterocycles. The first kappa shape index (κ1) is 20.6. The van der Waals surface area contributed by atoms with E-state index in [0.717, 1.165) is 28.0 Å². The molecule has 4 nitrogen and oxygen atoms in total. The van der Waals surface area contributed by atoms with Gasteiger partial charge in [-0.15, -0.1) is 0 Å². The molecule has 0 radical (unpaired) electrons. The fraction of sp³-hybridized carbons (Fsp3) is 0.0690. The molecule has 4 aromatic carbocycles. The zero-order chi connectivity index (χ0) is 22.6. The van der Waals surface area contributed by atoms with Crippen molar-refractivity contribution in [3.05, 3.63) is 120 Å². The third-order valence-corrected chi connectivity index (χ3v) is 5.52. The van der Waals surface area contributed by atoms with E-state index in [9.17, 15) is 4.79 Å². The molecule has 162 valence electrons. The van der Waals surface area contributed by atoms with Crippen molar-refractivity contribution in [1.29, 1.82) is 0 Å². The molecule has 0 atom stereocenters. The van der Waals surface area contributed by atoms with Crippen LogP contribution in [0.1, 0.15) is 21.5 Å². The third-order valence-electron chi connectivity index (χ3n) is 5.52. The lowest BCUT2D eigenvalue weighted by molar-refractivity contribution is 0.101. The molecule has 1 aliphatic rings. The Bertz CT molecular complexity index is 1300. The number of carbonyl (C=O) groups excluding carboxylic acids is 1. The smallest absolute Gasteiger partial charge is 0.231 e. The molecule has 0 saturated carbocycles. The first-order chi connectivity index (χ1) is 16.2. The summed E-state index contributed by atoms with van der Waals surface area (Å²) in [7, 11) is 1.64. The Morgan fingerprint density at radius 3 is 2.21 bits per heavy atom. The molecule has 0 spiro atoms. The van der Waals surface area contributed by atoms with Crippen LogP contribution in [0.4, 0.5) is 0 Å².